The standard InChI is InChI=1S/C14H22BrNO2/c1-10(5-4-8-17)16-11(2)13-7-6-12(18-3)9-14(13)15/h6-7,9-11,16-17H,4-5,8H2,1-3H3. The summed E-state index contributed by atoms with van der Waals surface area (Å²) < 4.78 is 6.24. The van der Waals surface area contributed by atoms with Crippen molar-refractivity contribution in [3.63, 3.8) is 0 Å². The predicted octanol–water partition coefficient (Wildman–Crippen LogP) is 3.27. The van der Waals surface area contributed by atoms with Crippen LogP contribution in [-0.4, -0.2) is 24.9 Å². The normalized spacial score (nSPS) is 14.3. The fraction of sp³-hybridized carbons (Fsp3) is 0.571. The summed E-state index contributed by atoms with van der Waals surface area (Å²) in [6.45, 7) is 4.54. The minimum absolute atomic E-state index is 0.257. The first-order valence-corrected chi connectivity index (χ1v) is 7.08. The van der Waals surface area contributed by atoms with Crippen LogP contribution in [0.2, 0.25) is 0 Å². The van der Waals surface area contributed by atoms with E-state index in [1.54, 1.807) is 7.11 Å². The van der Waals surface area contributed by atoms with Gasteiger partial charge in [-0.25, -0.2) is 0 Å². The van der Waals surface area contributed by atoms with E-state index in [-0.39, 0.29) is 12.6 Å². The Morgan fingerprint density at radius 2 is 2.11 bits per heavy atom. The summed E-state index contributed by atoms with van der Waals surface area (Å²) >= 11 is 3.57. The van der Waals surface area contributed by atoms with Crippen molar-refractivity contribution >= 4 is 15.9 Å². The van der Waals surface area contributed by atoms with Gasteiger partial charge in [-0.2, -0.15) is 0 Å². The Morgan fingerprint density at radius 3 is 2.67 bits per heavy atom. The van der Waals surface area contributed by atoms with Gasteiger partial charge in [0.25, 0.3) is 0 Å². The van der Waals surface area contributed by atoms with Crippen LogP contribution < -0.4 is 10.1 Å². The molecule has 2 unspecified atom stereocenters. The number of halogens is 1. The van der Waals surface area contributed by atoms with Crippen molar-refractivity contribution in [2.45, 2.75) is 38.8 Å². The van der Waals surface area contributed by atoms with E-state index in [4.69, 9.17) is 9.84 Å². The summed E-state index contributed by atoms with van der Waals surface area (Å²) in [5.74, 6) is 0.853. The van der Waals surface area contributed by atoms with E-state index < -0.39 is 0 Å². The summed E-state index contributed by atoms with van der Waals surface area (Å²) in [6, 6.07) is 6.67. The second-order valence-electron chi connectivity index (χ2n) is 4.54. The SMILES string of the molecule is COc1ccc(C(C)NC(C)CCCO)c(Br)c1. The van der Waals surface area contributed by atoms with Gasteiger partial charge >= 0.3 is 0 Å². The van der Waals surface area contributed by atoms with Gasteiger partial charge in [0.05, 0.1) is 7.11 Å². The molecule has 3 nitrogen and oxygen atoms in total. The fourth-order valence-electron chi connectivity index (χ4n) is 1.98. The Balaban J connectivity index is 2.63. The molecule has 0 aliphatic rings. The first-order chi connectivity index (χ1) is 8.58. The zero-order valence-corrected chi connectivity index (χ0v) is 12.8. The average molecular weight is 316 g/mol. The Kier molecular flexibility index (Phi) is 6.68. The molecule has 0 bridgehead atoms. The van der Waals surface area contributed by atoms with Gasteiger partial charge in [-0.15, -0.1) is 0 Å². The van der Waals surface area contributed by atoms with Gasteiger partial charge in [0.1, 0.15) is 5.75 Å². The van der Waals surface area contributed by atoms with Crippen molar-refractivity contribution in [2.24, 2.45) is 0 Å². The van der Waals surface area contributed by atoms with Crippen molar-refractivity contribution in [2.75, 3.05) is 13.7 Å². The maximum Gasteiger partial charge on any atom is 0.120 e. The van der Waals surface area contributed by atoms with E-state index in [1.807, 2.05) is 12.1 Å². The van der Waals surface area contributed by atoms with Gasteiger partial charge in [0.2, 0.25) is 0 Å². The van der Waals surface area contributed by atoms with Crippen molar-refractivity contribution in [1.29, 1.82) is 0 Å². The number of hydrogen-bond donors (Lipinski definition) is 2. The van der Waals surface area contributed by atoms with Gasteiger partial charge in [-0.1, -0.05) is 22.0 Å². The van der Waals surface area contributed by atoms with Crippen LogP contribution in [0.15, 0.2) is 22.7 Å². The van der Waals surface area contributed by atoms with E-state index in [0.29, 0.717) is 6.04 Å². The number of aliphatic hydroxyl groups excluding tert-OH is 1. The van der Waals surface area contributed by atoms with Crippen molar-refractivity contribution in [3.8, 4) is 5.75 Å². The average Bonchev–Trinajstić information content (AvgIpc) is 2.35. The Bertz CT molecular complexity index is 371. The zero-order valence-electron chi connectivity index (χ0n) is 11.2. The van der Waals surface area contributed by atoms with E-state index >= 15 is 0 Å². The summed E-state index contributed by atoms with van der Waals surface area (Å²) in [5.41, 5.74) is 1.21. The van der Waals surface area contributed by atoms with Crippen LogP contribution >= 0.6 is 15.9 Å². The first-order valence-electron chi connectivity index (χ1n) is 6.28. The molecule has 4 heteroatoms. The molecule has 0 aliphatic carbocycles. The fourth-order valence-corrected chi connectivity index (χ4v) is 2.68. The molecular formula is C14H22BrNO2. The Morgan fingerprint density at radius 1 is 1.39 bits per heavy atom. The number of ether oxygens (including phenoxy) is 1. The van der Waals surface area contributed by atoms with Gasteiger partial charge in [0.15, 0.2) is 0 Å². The molecule has 0 saturated heterocycles. The molecule has 0 aromatic heterocycles. The van der Waals surface area contributed by atoms with Crippen LogP contribution in [0.5, 0.6) is 5.75 Å². The zero-order chi connectivity index (χ0) is 13.5. The molecule has 18 heavy (non-hydrogen) atoms. The maximum absolute atomic E-state index is 8.82. The first kappa shape index (κ1) is 15.5. The monoisotopic (exact) mass is 315 g/mol. The lowest BCUT2D eigenvalue weighted by Crippen LogP contribution is -2.29. The van der Waals surface area contributed by atoms with E-state index in [2.05, 4.69) is 41.2 Å². The number of nitrogens with one attached hydrogen (secondary N) is 1. The van der Waals surface area contributed by atoms with E-state index in [9.17, 15) is 0 Å². The second-order valence-corrected chi connectivity index (χ2v) is 5.40. The lowest BCUT2D eigenvalue weighted by atomic mass is 10.1. The third-order valence-corrected chi connectivity index (χ3v) is 3.69. The second kappa shape index (κ2) is 7.77. The molecule has 0 spiro atoms. The van der Waals surface area contributed by atoms with Crippen LogP contribution in [0.3, 0.4) is 0 Å². The molecular weight excluding hydrogens is 294 g/mol. The Labute approximate surface area is 118 Å². The number of hydrogen-bond acceptors (Lipinski definition) is 3. The van der Waals surface area contributed by atoms with Crippen LogP contribution in [0.25, 0.3) is 0 Å². The van der Waals surface area contributed by atoms with Gasteiger partial charge in [-0.3, -0.25) is 0 Å². The van der Waals surface area contributed by atoms with Gasteiger partial charge in [0, 0.05) is 23.2 Å². The highest BCUT2D eigenvalue weighted by atomic mass is 79.9. The minimum atomic E-state index is 0.257. The van der Waals surface area contributed by atoms with E-state index in [1.165, 1.54) is 5.56 Å². The molecule has 1 aromatic rings. The van der Waals surface area contributed by atoms with Crippen LogP contribution in [0, 0.1) is 0 Å². The Hall–Kier alpha value is -0.580. The number of benzene rings is 1. The topological polar surface area (TPSA) is 41.5 Å². The molecule has 2 atom stereocenters. The minimum Gasteiger partial charge on any atom is -0.497 e. The molecule has 0 amide bonds. The lowest BCUT2D eigenvalue weighted by molar-refractivity contribution is 0.274. The molecule has 1 rings (SSSR count). The van der Waals surface area contributed by atoms with Crippen molar-refractivity contribution in [1.82, 2.24) is 5.32 Å². The maximum atomic E-state index is 8.82. The van der Waals surface area contributed by atoms with Crippen LogP contribution in [-0.2, 0) is 0 Å². The quantitative estimate of drug-likeness (QED) is 0.811. The predicted molar refractivity (Wildman–Crippen MR) is 78.0 cm³/mol. The molecule has 0 fully saturated rings. The smallest absolute Gasteiger partial charge is 0.120 e. The molecule has 0 saturated carbocycles. The molecule has 0 aliphatic heterocycles. The summed E-state index contributed by atoms with van der Waals surface area (Å²) in [4.78, 5) is 0. The van der Waals surface area contributed by atoms with Crippen molar-refractivity contribution < 1.29 is 9.84 Å². The summed E-state index contributed by atoms with van der Waals surface area (Å²) in [5, 5.41) is 12.3. The van der Waals surface area contributed by atoms with Gasteiger partial charge in [-0.05, 0) is 44.4 Å². The van der Waals surface area contributed by atoms with Crippen LogP contribution in [0.4, 0.5) is 0 Å². The molecule has 0 radical (unpaired) electrons. The summed E-state index contributed by atoms with van der Waals surface area (Å²) in [7, 11) is 1.67. The molecule has 0 heterocycles. The lowest BCUT2D eigenvalue weighted by Gasteiger charge is -2.21. The molecule has 102 valence electrons. The van der Waals surface area contributed by atoms with Gasteiger partial charge < -0.3 is 15.2 Å². The van der Waals surface area contributed by atoms with Crippen molar-refractivity contribution in [3.05, 3.63) is 28.2 Å². The number of rotatable bonds is 7. The molecule has 1 aromatic carbocycles. The highest BCUT2D eigenvalue weighted by Gasteiger charge is 2.12. The highest BCUT2D eigenvalue weighted by Crippen LogP contribution is 2.27. The third kappa shape index (κ3) is 4.59. The summed E-state index contributed by atoms with van der Waals surface area (Å²) in [6.07, 6.45) is 1.82. The van der Waals surface area contributed by atoms with E-state index in [0.717, 1.165) is 23.1 Å². The van der Waals surface area contributed by atoms with Crippen LogP contribution in [0.1, 0.15) is 38.3 Å². The molecule has 2 N–H and O–H groups in total. The third-order valence-electron chi connectivity index (χ3n) is 3.00. The highest BCUT2D eigenvalue weighted by molar-refractivity contribution is 9.10. The number of aliphatic hydroxyl groups is 1. The number of methoxy groups -OCH3 is 1. The largest absolute Gasteiger partial charge is 0.497 e.